The van der Waals surface area contributed by atoms with E-state index in [4.69, 9.17) is 4.74 Å². The van der Waals surface area contributed by atoms with Crippen LogP contribution in [0.15, 0.2) is 39.8 Å². The second kappa shape index (κ2) is 6.51. The number of hydrogen-bond donors (Lipinski definition) is 1. The summed E-state index contributed by atoms with van der Waals surface area (Å²) in [4.78, 5) is 8.82. The number of methoxy groups -OCH3 is 1. The van der Waals surface area contributed by atoms with Crippen LogP contribution in [0, 0.1) is 3.57 Å². The zero-order valence-corrected chi connectivity index (χ0v) is 15.9. The zero-order chi connectivity index (χ0) is 15.7. The van der Waals surface area contributed by atoms with E-state index in [1.54, 1.807) is 13.3 Å². The fraction of sp³-hybridized carbons (Fsp3) is 0.0667. The van der Waals surface area contributed by atoms with Gasteiger partial charge in [0, 0.05) is 16.3 Å². The van der Waals surface area contributed by atoms with Crippen molar-refractivity contribution in [2.24, 2.45) is 4.99 Å². The first-order chi connectivity index (χ1) is 10.6. The number of ether oxygens (including phenoxy) is 1. The summed E-state index contributed by atoms with van der Waals surface area (Å²) in [7, 11) is 1.64. The second-order valence-electron chi connectivity index (χ2n) is 4.41. The number of phenolic OH excluding ortho intramolecular Hbond substituents is 1. The molecule has 0 aliphatic carbocycles. The van der Waals surface area contributed by atoms with Crippen LogP contribution in [0.1, 0.15) is 5.56 Å². The summed E-state index contributed by atoms with van der Waals surface area (Å²) < 4.78 is 7.88. The van der Waals surface area contributed by atoms with E-state index < -0.39 is 0 Å². The molecule has 0 fully saturated rings. The topological polar surface area (TPSA) is 54.7 Å². The van der Waals surface area contributed by atoms with Gasteiger partial charge in [0.1, 0.15) is 11.5 Å². The van der Waals surface area contributed by atoms with Crippen molar-refractivity contribution in [3.8, 4) is 11.5 Å². The number of halogens is 2. The molecule has 0 aliphatic heterocycles. The van der Waals surface area contributed by atoms with Gasteiger partial charge in [0.2, 0.25) is 5.13 Å². The van der Waals surface area contributed by atoms with Crippen LogP contribution >= 0.6 is 49.9 Å². The molecule has 112 valence electrons. The molecule has 2 aromatic carbocycles. The number of aliphatic imine (C=N–C) groups is 1. The summed E-state index contributed by atoms with van der Waals surface area (Å²) in [5, 5.41) is 10.7. The van der Waals surface area contributed by atoms with Gasteiger partial charge in [-0.3, -0.25) is 0 Å². The predicted octanol–water partition coefficient (Wildman–Crippen LogP) is 5.13. The molecule has 0 saturated carbocycles. The SMILES string of the molecule is COc1ccc2nc(/N=C/c3cc(Br)cc(I)c3O)sc2c1. The van der Waals surface area contributed by atoms with E-state index in [1.165, 1.54) is 11.3 Å². The average Bonchev–Trinajstić information content (AvgIpc) is 2.91. The molecule has 22 heavy (non-hydrogen) atoms. The van der Waals surface area contributed by atoms with Gasteiger partial charge in [0.15, 0.2) is 0 Å². The second-order valence-corrected chi connectivity index (χ2v) is 7.50. The van der Waals surface area contributed by atoms with Crippen LogP contribution in [0.2, 0.25) is 0 Å². The van der Waals surface area contributed by atoms with Gasteiger partial charge < -0.3 is 9.84 Å². The van der Waals surface area contributed by atoms with E-state index in [9.17, 15) is 5.11 Å². The first-order valence-corrected chi connectivity index (χ1v) is 8.92. The molecule has 1 N–H and O–H groups in total. The maximum Gasteiger partial charge on any atom is 0.210 e. The minimum Gasteiger partial charge on any atom is -0.506 e. The van der Waals surface area contributed by atoms with Crippen LogP contribution < -0.4 is 4.74 Å². The fourth-order valence-corrected chi connectivity index (χ4v) is 4.27. The van der Waals surface area contributed by atoms with Crippen molar-refractivity contribution in [1.82, 2.24) is 4.98 Å². The summed E-state index contributed by atoms with van der Waals surface area (Å²) in [6, 6.07) is 9.38. The van der Waals surface area contributed by atoms with Crippen LogP contribution in [-0.4, -0.2) is 23.4 Å². The molecule has 0 bridgehead atoms. The third kappa shape index (κ3) is 3.26. The van der Waals surface area contributed by atoms with E-state index >= 15 is 0 Å². The Bertz CT molecular complexity index is 879. The number of rotatable bonds is 3. The van der Waals surface area contributed by atoms with Crippen LogP contribution in [-0.2, 0) is 0 Å². The fourth-order valence-electron chi connectivity index (χ4n) is 1.88. The van der Waals surface area contributed by atoms with E-state index in [0.717, 1.165) is 24.0 Å². The molecular formula is C15H10BrIN2O2S. The lowest BCUT2D eigenvalue weighted by atomic mass is 10.2. The Morgan fingerprint density at radius 3 is 2.95 bits per heavy atom. The third-order valence-corrected chi connectivity index (χ3v) is 5.16. The lowest BCUT2D eigenvalue weighted by Gasteiger charge is -2.02. The maximum absolute atomic E-state index is 10.1. The molecule has 1 heterocycles. The molecule has 3 aromatic rings. The number of nitrogens with zero attached hydrogens (tertiary/aromatic N) is 2. The molecule has 0 spiro atoms. The number of aromatic hydroxyl groups is 1. The molecule has 0 unspecified atom stereocenters. The molecule has 0 atom stereocenters. The van der Waals surface area contributed by atoms with Crippen molar-refractivity contribution >= 4 is 71.4 Å². The Morgan fingerprint density at radius 2 is 2.18 bits per heavy atom. The highest BCUT2D eigenvalue weighted by atomic mass is 127. The number of phenols is 1. The minimum absolute atomic E-state index is 0.218. The lowest BCUT2D eigenvalue weighted by Crippen LogP contribution is -1.86. The minimum atomic E-state index is 0.218. The highest BCUT2D eigenvalue weighted by Crippen LogP contribution is 2.32. The number of aromatic nitrogens is 1. The number of hydrogen-bond acceptors (Lipinski definition) is 5. The van der Waals surface area contributed by atoms with Crippen LogP contribution in [0.3, 0.4) is 0 Å². The molecule has 7 heteroatoms. The van der Waals surface area contributed by atoms with Gasteiger partial charge in [-0.15, -0.1) is 0 Å². The summed E-state index contributed by atoms with van der Waals surface area (Å²) in [5.74, 6) is 1.01. The summed E-state index contributed by atoms with van der Waals surface area (Å²) in [6.45, 7) is 0. The largest absolute Gasteiger partial charge is 0.506 e. The highest BCUT2D eigenvalue weighted by Gasteiger charge is 2.07. The van der Waals surface area contributed by atoms with E-state index in [2.05, 4.69) is 48.5 Å². The van der Waals surface area contributed by atoms with Gasteiger partial charge in [-0.05, 0) is 52.9 Å². The van der Waals surface area contributed by atoms with Crippen LogP contribution in [0.4, 0.5) is 5.13 Å². The Balaban J connectivity index is 1.96. The smallest absolute Gasteiger partial charge is 0.210 e. The van der Waals surface area contributed by atoms with Crippen molar-refractivity contribution < 1.29 is 9.84 Å². The summed E-state index contributed by atoms with van der Waals surface area (Å²) in [5.41, 5.74) is 1.53. The molecule has 0 saturated heterocycles. The van der Waals surface area contributed by atoms with Gasteiger partial charge in [0.25, 0.3) is 0 Å². The van der Waals surface area contributed by atoms with E-state index in [1.807, 2.05) is 30.3 Å². The van der Waals surface area contributed by atoms with Crippen molar-refractivity contribution in [2.75, 3.05) is 7.11 Å². The maximum atomic E-state index is 10.1. The molecule has 3 rings (SSSR count). The number of fused-ring (bicyclic) bond motifs is 1. The number of benzene rings is 2. The Kier molecular flexibility index (Phi) is 4.65. The normalized spacial score (nSPS) is 11.4. The standard InChI is InChI=1S/C15H10BrIN2O2S/c1-21-10-2-3-12-13(6-10)22-15(19-12)18-7-8-4-9(16)5-11(17)14(8)20/h2-7,20H,1H3/b18-7+. The summed E-state index contributed by atoms with van der Waals surface area (Å²) in [6.07, 6.45) is 1.62. The van der Waals surface area contributed by atoms with Gasteiger partial charge in [0.05, 0.1) is 20.9 Å². The van der Waals surface area contributed by atoms with E-state index in [-0.39, 0.29) is 5.75 Å². The van der Waals surface area contributed by atoms with Crippen LogP contribution in [0.25, 0.3) is 10.2 Å². The van der Waals surface area contributed by atoms with Gasteiger partial charge in [-0.25, -0.2) is 9.98 Å². The molecule has 0 amide bonds. The first-order valence-electron chi connectivity index (χ1n) is 6.23. The van der Waals surface area contributed by atoms with E-state index in [0.29, 0.717) is 10.7 Å². The molecule has 1 aromatic heterocycles. The molecule has 0 radical (unpaired) electrons. The lowest BCUT2D eigenvalue weighted by molar-refractivity contribution is 0.415. The zero-order valence-electron chi connectivity index (χ0n) is 11.4. The van der Waals surface area contributed by atoms with Crippen molar-refractivity contribution in [1.29, 1.82) is 0 Å². The molecule has 0 aliphatic rings. The molecular weight excluding hydrogens is 479 g/mol. The Morgan fingerprint density at radius 1 is 1.36 bits per heavy atom. The quantitative estimate of drug-likeness (QED) is 0.410. The van der Waals surface area contributed by atoms with Crippen LogP contribution in [0.5, 0.6) is 11.5 Å². The average molecular weight is 489 g/mol. The Labute approximate surface area is 153 Å². The first kappa shape index (κ1) is 15.7. The van der Waals surface area contributed by atoms with Gasteiger partial charge in [-0.2, -0.15) is 0 Å². The number of thiazole rings is 1. The third-order valence-electron chi connectivity index (χ3n) is 2.96. The Hall–Kier alpha value is -1.19. The van der Waals surface area contributed by atoms with Crippen molar-refractivity contribution in [2.45, 2.75) is 0 Å². The predicted molar refractivity (Wildman–Crippen MR) is 102 cm³/mol. The monoisotopic (exact) mass is 488 g/mol. The van der Waals surface area contributed by atoms with Gasteiger partial charge in [-0.1, -0.05) is 27.3 Å². The van der Waals surface area contributed by atoms with Crippen molar-refractivity contribution in [3.63, 3.8) is 0 Å². The van der Waals surface area contributed by atoms with Gasteiger partial charge >= 0.3 is 0 Å². The summed E-state index contributed by atoms with van der Waals surface area (Å²) >= 11 is 6.97. The van der Waals surface area contributed by atoms with Crippen molar-refractivity contribution in [3.05, 3.63) is 43.9 Å². The molecule has 4 nitrogen and oxygen atoms in total. The highest BCUT2D eigenvalue weighted by molar-refractivity contribution is 14.1.